The van der Waals surface area contributed by atoms with Crippen molar-refractivity contribution < 1.29 is 14.1 Å². The zero-order valence-corrected chi connectivity index (χ0v) is 12.1. The zero-order chi connectivity index (χ0) is 15.0. The molecule has 5 nitrogen and oxygen atoms in total. The first-order valence-corrected chi connectivity index (χ1v) is 6.89. The molecule has 0 aliphatic carbocycles. The van der Waals surface area contributed by atoms with Crippen LogP contribution >= 0.6 is 11.6 Å². The average Bonchev–Trinajstić information content (AvgIpc) is 2.41. The lowest BCUT2D eigenvalue weighted by Gasteiger charge is -2.08. The molecule has 112 valence electrons. The molecule has 0 amide bonds. The average molecular weight is 305 g/mol. The molecule has 1 aromatic carbocycles. The van der Waals surface area contributed by atoms with E-state index in [0.29, 0.717) is 19.6 Å². The highest BCUT2D eigenvalue weighted by Gasteiger charge is 2.17. The molecule has 0 aromatic heterocycles. The first-order valence-electron chi connectivity index (χ1n) is 6.51. The van der Waals surface area contributed by atoms with E-state index in [1.54, 1.807) is 0 Å². The van der Waals surface area contributed by atoms with Crippen LogP contribution in [-0.4, -0.2) is 24.7 Å². The number of ether oxygens (including phenoxy) is 1. The maximum atomic E-state index is 13.2. The third-order valence-corrected chi connectivity index (χ3v) is 2.95. The van der Waals surface area contributed by atoms with Gasteiger partial charge in [-0.3, -0.25) is 10.1 Å². The minimum Gasteiger partial charge on any atom is -0.381 e. The van der Waals surface area contributed by atoms with E-state index in [4.69, 9.17) is 16.3 Å². The monoisotopic (exact) mass is 304 g/mol. The third-order valence-electron chi connectivity index (χ3n) is 2.66. The van der Waals surface area contributed by atoms with E-state index in [-0.39, 0.29) is 16.4 Å². The van der Waals surface area contributed by atoms with Gasteiger partial charge in [0.1, 0.15) is 11.5 Å². The van der Waals surface area contributed by atoms with Crippen LogP contribution in [0.25, 0.3) is 0 Å². The Morgan fingerprint density at radius 2 is 2.10 bits per heavy atom. The highest BCUT2D eigenvalue weighted by molar-refractivity contribution is 6.31. The van der Waals surface area contributed by atoms with Crippen molar-refractivity contribution >= 4 is 23.0 Å². The Kier molecular flexibility index (Phi) is 7.25. The van der Waals surface area contributed by atoms with Gasteiger partial charge in [-0.05, 0) is 18.9 Å². The van der Waals surface area contributed by atoms with Crippen molar-refractivity contribution in [1.29, 1.82) is 0 Å². The predicted molar refractivity (Wildman–Crippen MR) is 76.9 cm³/mol. The molecule has 1 N–H and O–H groups in total. The Labute approximate surface area is 122 Å². The lowest BCUT2D eigenvalue weighted by Crippen LogP contribution is -2.08. The maximum absolute atomic E-state index is 13.2. The number of hydrogen-bond acceptors (Lipinski definition) is 4. The summed E-state index contributed by atoms with van der Waals surface area (Å²) in [7, 11) is 0. The molecule has 0 saturated heterocycles. The van der Waals surface area contributed by atoms with Gasteiger partial charge in [-0.2, -0.15) is 0 Å². The van der Waals surface area contributed by atoms with E-state index in [0.717, 1.165) is 25.5 Å². The first-order chi connectivity index (χ1) is 9.56. The molecule has 0 spiro atoms. The van der Waals surface area contributed by atoms with Gasteiger partial charge >= 0.3 is 0 Å². The van der Waals surface area contributed by atoms with Crippen molar-refractivity contribution in [2.24, 2.45) is 0 Å². The molecule has 20 heavy (non-hydrogen) atoms. The quantitative estimate of drug-likeness (QED) is 0.425. The highest BCUT2D eigenvalue weighted by Crippen LogP contribution is 2.30. The van der Waals surface area contributed by atoms with Crippen LogP contribution in [0.5, 0.6) is 0 Å². The summed E-state index contributed by atoms with van der Waals surface area (Å²) in [5.74, 6) is -0.799. The number of rotatable bonds is 9. The number of halogens is 2. The van der Waals surface area contributed by atoms with Crippen LogP contribution in [0.4, 0.5) is 15.8 Å². The third kappa shape index (κ3) is 5.30. The summed E-state index contributed by atoms with van der Waals surface area (Å²) in [6.45, 7) is 3.88. The number of nitrogens with one attached hydrogen (secondary N) is 1. The molecule has 1 aromatic rings. The van der Waals surface area contributed by atoms with Crippen LogP contribution in [0.3, 0.4) is 0 Å². The Hall–Kier alpha value is -1.40. The van der Waals surface area contributed by atoms with Gasteiger partial charge in [0.2, 0.25) is 0 Å². The van der Waals surface area contributed by atoms with Crippen LogP contribution in [0, 0.1) is 15.9 Å². The van der Waals surface area contributed by atoms with Crippen LogP contribution < -0.4 is 5.32 Å². The van der Waals surface area contributed by atoms with Crippen molar-refractivity contribution in [1.82, 2.24) is 0 Å². The van der Waals surface area contributed by atoms with Crippen molar-refractivity contribution in [3.05, 3.63) is 33.1 Å². The lowest BCUT2D eigenvalue weighted by atomic mass is 10.2. The first kappa shape index (κ1) is 16.7. The molecule has 0 aliphatic rings. The SMILES string of the molecule is CCCCOCCCNc1cc(Cl)c(F)cc1[N+](=O)[O-]. The molecule has 0 saturated carbocycles. The standard InChI is InChI=1S/C13H18ClFN2O3/c1-2-3-6-20-7-4-5-16-12-8-10(14)11(15)9-13(12)17(18)19/h8-9,16H,2-7H2,1H3. The fraction of sp³-hybridized carbons (Fsp3) is 0.538. The summed E-state index contributed by atoms with van der Waals surface area (Å²) in [5, 5.41) is 13.6. The van der Waals surface area contributed by atoms with E-state index in [9.17, 15) is 14.5 Å². The van der Waals surface area contributed by atoms with Gasteiger partial charge in [0, 0.05) is 19.8 Å². The fourth-order valence-corrected chi connectivity index (χ4v) is 1.74. The molecular formula is C13H18ClFN2O3. The number of unbranched alkanes of at least 4 members (excludes halogenated alkanes) is 1. The molecule has 0 fully saturated rings. The van der Waals surface area contributed by atoms with E-state index in [1.165, 1.54) is 6.07 Å². The van der Waals surface area contributed by atoms with Gasteiger partial charge in [-0.15, -0.1) is 0 Å². The van der Waals surface area contributed by atoms with Crippen molar-refractivity contribution in [2.75, 3.05) is 25.1 Å². The number of nitrogens with zero attached hydrogens (tertiary/aromatic N) is 1. The molecular weight excluding hydrogens is 287 g/mol. The number of nitro groups is 1. The van der Waals surface area contributed by atoms with Crippen molar-refractivity contribution in [2.45, 2.75) is 26.2 Å². The maximum Gasteiger partial charge on any atom is 0.295 e. The second kappa shape index (κ2) is 8.71. The van der Waals surface area contributed by atoms with Gasteiger partial charge in [-0.25, -0.2) is 4.39 Å². The fourth-order valence-electron chi connectivity index (χ4n) is 1.57. The number of benzene rings is 1. The van der Waals surface area contributed by atoms with Gasteiger partial charge in [-0.1, -0.05) is 24.9 Å². The van der Waals surface area contributed by atoms with Crippen LogP contribution in [0.15, 0.2) is 12.1 Å². The summed E-state index contributed by atoms with van der Waals surface area (Å²) in [5.41, 5.74) is -0.103. The van der Waals surface area contributed by atoms with Gasteiger partial charge < -0.3 is 10.1 Å². The van der Waals surface area contributed by atoms with Crippen LogP contribution in [0.1, 0.15) is 26.2 Å². The second-order valence-corrected chi connectivity index (χ2v) is 4.69. The largest absolute Gasteiger partial charge is 0.381 e. The second-order valence-electron chi connectivity index (χ2n) is 4.29. The number of hydrogen-bond donors (Lipinski definition) is 1. The van der Waals surface area contributed by atoms with Gasteiger partial charge in [0.05, 0.1) is 16.0 Å². The predicted octanol–water partition coefficient (Wildman–Crippen LogP) is 4.01. The molecule has 0 unspecified atom stereocenters. The Balaban J connectivity index is 2.47. The van der Waals surface area contributed by atoms with Crippen molar-refractivity contribution in [3.63, 3.8) is 0 Å². The number of nitro benzene ring substituents is 1. The smallest absolute Gasteiger partial charge is 0.295 e. The molecule has 0 aliphatic heterocycles. The Morgan fingerprint density at radius 1 is 1.40 bits per heavy atom. The zero-order valence-electron chi connectivity index (χ0n) is 11.3. The topological polar surface area (TPSA) is 64.4 Å². The Morgan fingerprint density at radius 3 is 2.75 bits per heavy atom. The van der Waals surface area contributed by atoms with Crippen LogP contribution in [-0.2, 0) is 4.74 Å². The molecule has 0 bridgehead atoms. The van der Waals surface area contributed by atoms with Gasteiger partial charge in [0.15, 0.2) is 0 Å². The molecule has 1 rings (SSSR count). The van der Waals surface area contributed by atoms with E-state index < -0.39 is 10.7 Å². The summed E-state index contributed by atoms with van der Waals surface area (Å²) in [6, 6.07) is 2.05. The molecule has 7 heteroatoms. The molecule has 0 heterocycles. The Bertz CT molecular complexity index is 457. The minimum absolute atomic E-state index is 0.141. The van der Waals surface area contributed by atoms with E-state index in [2.05, 4.69) is 12.2 Å². The minimum atomic E-state index is -0.799. The summed E-state index contributed by atoms with van der Waals surface area (Å²) in [6.07, 6.45) is 2.81. The number of anilines is 1. The highest BCUT2D eigenvalue weighted by atomic mass is 35.5. The van der Waals surface area contributed by atoms with E-state index in [1.807, 2.05) is 0 Å². The molecule has 0 atom stereocenters. The lowest BCUT2D eigenvalue weighted by molar-refractivity contribution is -0.384. The normalized spacial score (nSPS) is 10.6. The summed E-state index contributed by atoms with van der Waals surface area (Å²) >= 11 is 5.63. The van der Waals surface area contributed by atoms with Crippen molar-refractivity contribution in [3.8, 4) is 0 Å². The van der Waals surface area contributed by atoms with Gasteiger partial charge in [0.25, 0.3) is 5.69 Å². The van der Waals surface area contributed by atoms with E-state index >= 15 is 0 Å². The summed E-state index contributed by atoms with van der Waals surface area (Å²) in [4.78, 5) is 10.2. The van der Waals surface area contributed by atoms with Crippen LogP contribution in [0.2, 0.25) is 5.02 Å². The molecule has 0 radical (unpaired) electrons. The summed E-state index contributed by atoms with van der Waals surface area (Å²) < 4.78 is 18.6.